The molecule has 5 nitrogen and oxygen atoms in total. The van der Waals surface area contributed by atoms with Crippen molar-refractivity contribution in [1.82, 2.24) is 0 Å². The number of hydrogen-bond acceptors (Lipinski definition) is 4. The third-order valence-corrected chi connectivity index (χ3v) is 4.27. The Morgan fingerprint density at radius 1 is 1.15 bits per heavy atom. The summed E-state index contributed by atoms with van der Waals surface area (Å²) >= 11 is 6.19. The molecule has 0 aliphatic heterocycles. The van der Waals surface area contributed by atoms with Crippen molar-refractivity contribution in [1.29, 1.82) is 0 Å². The van der Waals surface area contributed by atoms with Crippen LogP contribution in [0.15, 0.2) is 52.9 Å². The second-order valence-corrected chi connectivity index (χ2v) is 6.64. The van der Waals surface area contributed by atoms with Gasteiger partial charge in [-0.25, -0.2) is 0 Å². The lowest BCUT2D eigenvalue weighted by molar-refractivity contribution is -0.118. The summed E-state index contributed by atoms with van der Waals surface area (Å²) in [5, 5.41) is 12.3. The highest BCUT2D eigenvalue weighted by Gasteiger charge is 2.10. The SMILES string of the molecule is Cc1cc(C)c(OCC(=O)Nc2ccc(-c3ccc(CO)o3)cc2)c(Cl)c1. The predicted octanol–water partition coefficient (Wildman–Crippen LogP) is 4.73. The molecule has 2 aromatic carbocycles. The standard InChI is InChI=1S/C21H20ClNO4/c1-13-9-14(2)21(18(22)10-13)26-12-20(25)23-16-5-3-15(4-6-16)19-8-7-17(11-24)27-19/h3-10,24H,11-12H2,1-2H3,(H,23,25). The van der Waals surface area contributed by atoms with Crippen molar-refractivity contribution in [3.05, 3.63) is 70.4 Å². The van der Waals surface area contributed by atoms with Crippen LogP contribution in [0, 0.1) is 13.8 Å². The van der Waals surface area contributed by atoms with Crippen molar-refractivity contribution < 1.29 is 19.1 Å². The Balaban J connectivity index is 1.60. The molecule has 1 aromatic heterocycles. The van der Waals surface area contributed by atoms with Gasteiger partial charge < -0.3 is 19.6 Å². The summed E-state index contributed by atoms with van der Waals surface area (Å²) in [4.78, 5) is 12.1. The second-order valence-electron chi connectivity index (χ2n) is 6.23. The van der Waals surface area contributed by atoms with Crippen LogP contribution in [0.25, 0.3) is 11.3 Å². The van der Waals surface area contributed by atoms with Crippen LogP contribution in [0.4, 0.5) is 5.69 Å². The van der Waals surface area contributed by atoms with E-state index in [1.807, 2.05) is 32.0 Å². The second kappa shape index (κ2) is 8.29. The molecule has 0 aliphatic rings. The maximum atomic E-state index is 12.1. The maximum Gasteiger partial charge on any atom is 0.262 e. The van der Waals surface area contributed by atoms with Gasteiger partial charge in [0, 0.05) is 11.3 Å². The molecular weight excluding hydrogens is 366 g/mol. The van der Waals surface area contributed by atoms with Crippen LogP contribution in [-0.2, 0) is 11.4 Å². The van der Waals surface area contributed by atoms with Gasteiger partial charge in [0.05, 0.1) is 5.02 Å². The van der Waals surface area contributed by atoms with E-state index in [1.54, 1.807) is 30.3 Å². The quantitative estimate of drug-likeness (QED) is 0.643. The number of amides is 1. The third-order valence-electron chi connectivity index (χ3n) is 3.99. The van der Waals surface area contributed by atoms with Crippen molar-refractivity contribution in [2.45, 2.75) is 20.5 Å². The number of carbonyl (C=O) groups is 1. The van der Waals surface area contributed by atoms with Crippen molar-refractivity contribution in [2.24, 2.45) is 0 Å². The Labute approximate surface area is 162 Å². The number of furan rings is 1. The minimum atomic E-state index is -0.278. The number of anilines is 1. The molecule has 3 aromatic rings. The number of carbonyl (C=O) groups excluding carboxylic acids is 1. The van der Waals surface area contributed by atoms with Gasteiger partial charge in [0.2, 0.25) is 0 Å². The van der Waals surface area contributed by atoms with Gasteiger partial charge in [0.25, 0.3) is 5.91 Å². The van der Waals surface area contributed by atoms with Crippen LogP contribution in [0.1, 0.15) is 16.9 Å². The highest BCUT2D eigenvalue weighted by Crippen LogP contribution is 2.29. The molecule has 1 heterocycles. The number of rotatable bonds is 6. The first kappa shape index (κ1) is 19.0. The van der Waals surface area contributed by atoms with E-state index >= 15 is 0 Å². The summed E-state index contributed by atoms with van der Waals surface area (Å²) in [7, 11) is 0. The van der Waals surface area contributed by atoms with Gasteiger partial charge in [0.15, 0.2) is 6.61 Å². The number of benzene rings is 2. The van der Waals surface area contributed by atoms with Gasteiger partial charge in [-0.15, -0.1) is 0 Å². The van der Waals surface area contributed by atoms with Gasteiger partial charge in [-0.3, -0.25) is 4.79 Å². The smallest absolute Gasteiger partial charge is 0.262 e. The van der Waals surface area contributed by atoms with Gasteiger partial charge in [0.1, 0.15) is 23.9 Å². The van der Waals surface area contributed by atoms with Crippen LogP contribution in [0.5, 0.6) is 5.75 Å². The number of ether oxygens (including phenoxy) is 1. The summed E-state index contributed by atoms with van der Waals surface area (Å²) in [5.41, 5.74) is 3.42. The molecule has 0 bridgehead atoms. The van der Waals surface area contributed by atoms with Gasteiger partial charge in [-0.05, 0) is 67.4 Å². The molecule has 1 amide bonds. The highest BCUT2D eigenvalue weighted by atomic mass is 35.5. The molecule has 0 aliphatic carbocycles. The summed E-state index contributed by atoms with van der Waals surface area (Å²) in [5.74, 6) is 1.40. The normalized spacial score (nSPS) is 10.7. The van der Waals surface area contributed by atoms with Crippen LogP contribution in [0.2, 0.25) is 5.02 Å². The average molecular weight is 386 g/mol. The minimum absolute atomic E-state index is 0.135. The zero-order valence-corrected chi connectivity index (χ0v) is 15.8. The van der Waals surface area contributed by atoms with Gasteiger partial charge in [-0.2, -0.15) is 0 Å². The minimum Gasteiger partial charge on any atom is -0.482 e. The Kier molecular flexibility index (Phi) is 5.84. The fourth-order valence-corrected chi connectivity index (χ4v) is 3.13. The zero-order valence-electron chi connectivity index (χ0n) is 15.1. The van der Waals surface area contributed by atoms with E-state index in [2.05, 4.69) is 5.32 Å². The molecule has 0 unspecified atom stereocenters. The summed E-state index contributed by atoms with van der Waals surface area (Å²) in [6.07, 6.45) is 0. The van der Waals surface area contributed by atoms with Crippen molar-refractivity contribution in [3.8, 4) is 17.1 Å². The third kappa shape index (κ3) is 4.70. The molecule has 0 saturated heterocycles. The Morgan fingerprint density at radius 2 is 1.89 bits per heavy atom. The first-order valence-electron chi connectivity index (χ1n) is 8.45. The zero-order chi connectivity index (χ0) is 19.4. The van der Waals surface area contributed by atoms with E-state index in [0.29, 0.717) is 28.0 Å². The Bertz CT molecular complexity index is 924. The molecule has 6 heteroatoms. The van der Waals surface area contributed by atoms with Crippen molar-refractivity contribution >= 4 is 23.2 Å². The van der Waals surface area contributed by atoms with Crippen LogP contribution < -0.4 is 10.1 Å². The van der Waals surface area contributed by atoms with Crippen LogP contribution in [-0.4, -0.2) is 17.6 Å². The van der Waals surface area contributed by atoms with Gasteiger partial charge >= 0.3 is 0 Å². The molecule has 0 spiro atoms. The van der Waals surface area contributed by atoms with Crippen molar-refractivity contribution in [3.63, 3.8) is 0 Å². The highest BCUT2D eigenvalue weighted by molar-refractivity contribution is 6.32. The number of aliphatic hydroxyl groups excluding tert-OH is 1. The number of halogens is 1. The summed E-state index contributed by atoms with van der Waals surface area (Å²) in [6, 6.07) is 14.5. The van der Waals surface area contributed by atoms with Crippen LogP contribution in [0.3, 0.4) is 0 Å². The first-order valence-corrected chi connectivity index (χ1v) is 8.83. The maximum absolute atomic E-state index is 12.1. The van der Waals surface area contributed by atoms with E-state index in [9.17, 15) is 4.79 Å². The average Bonchev–Trinajstić information content (AvgIpc) is 3.10. The molecule has 0 radical (unpaired) electrons. The Morgan fingerprint density at radius 3 is 2.52 bits per heavy atom. The fraction of sp³-hybridized carbons (Fsp3) is 0.190. The Hall–Kier alpha value is -2.76. The predicted molar refractivity (Wildman–Crippen MR) is 105 cm³/mol. The lowest BCUT2D eigenvalue weighted by atomic mass is 10.1. The number of aryl methyl sites for hydroxylation is 2. The molecule has 0 atom stereocenters. The summed E-state index contributed by atoms with van der Waals surface area (Å²) in [6.45, 7) is 3.57. The molecule has 0 fully saturated rings. The van der Waals surface area contributed by atoms with E-state index < -0.39 is 0 Å². The monoisotopic (exact) mass is 385 g/mol. The van der Waals surface area contributed by atoms with E-state index in [-0.39, 0.29) is 19.1 Å². The molecule has 0 saturated carbocycles. The van der Waals surface area contributed by atoms with E-state index in [0.717, 1.165) is 16.7 Å². The molecule has 140 valence electrons. The molecule has 3 rings (SSSR count). The molecular formula is C21H20ClNO4. The van der Waals surface area contributed by atoms with E-state index in [4.69, 9.17) is 25.9 Å². The number of nitrogens with one attached hydrogen (secondary N) is 1. The number of hydrogen-bond donors (Lipinski definition) is 2. The molecule has 27 heavy (non-hydrogen) atoms. The van der Waals surface area contributed by atoms with E-state index in [1.165, 1.54) is 0 Å². The van der Waals surface area contributed by atoms with Crippen molar-refractivity contribution in [2.75, 3.05) is 11.9 Å². The molecule has 2 N–H and O–H groups in total. The first-order chi connectivity index (χ1) is 13.0. The fourth-order valence-electron chi connectivity index (χ4n) is 2.76. The lowest BCUT2D eigenvalue weighted by Gasteiger charge is -2.12. The van der Waals surface area contributed by atoms with Gasteiger partial charge in [-0.1, -0.05) is 17.7 Å². The lowest BCUT2D eigenvalue weighted by Crippen LogP contribution is -2.20. The van der Waals surface area contributed by atoms with Crippen LogP contribution >= 0.6 is 11.6 Å². The topological polar surface area (TPSA) is 71.7 Å². The summed E-state index contributed by atoms with van der Waals surface area (Å²) < 4.78 is 11.1. The largest absolute Gasteiger partial charge is 0.482 e. The number of aliphatic hydroxyl groups is 1.